The molecule has 0 saturated carbocycles. The van der Waals surface area contributed by atoms with Crippen LogP contribution in [0.4, 0.5) is 5.69 Å². The maximum atomic E-state index is 12.3. The van der Waals surface area contributed by atoms with Crippen molar-refractivity contribution in [2.45, 2.75) is 26.3 Å². The highest BCUT2D eigenvalue weighted by Crippen LogP contribution is 2.16. The SMILES string of the molecule is Cc1ccc(N)cc1C(=O)NCC(C)(C)N1CCOCC1. The van der Waals surface area contributed by atoms with Gasteiger partial charge in [0.15, 0.2) is 0 Å². The maximum absolute atomic E-state index is 12.3. The van der Waals surface area contributed by atoms with Gasteiger partial charge in [-0.15, -0.1) is 0 Å². The highest BCUT2D eigenvalue weighted by molar-refractivity contribution is 5.96. The van der Waals surface area contributed by atoms with E-state index in [2.05, 4.69) is 24.1 Å². The van der Waals surface area contributed by atoms with E-state index in [1.165, 1.54) is 0 Å². The number of anilines is 1. The van der Waals surface area contributed by atoms with E-state index in [9.17, 15) is 4.79 Å². The van der Waals surface area contributed by atoms with E-state index in [1.807, 2.05) is 19.1 Å². The van der Waals surface area contributed by atoms with Gasteiger partial charge >= 0.3 is 0 Å². The fourth-order valence-electron chi connectivity index (χ4n) is 2.56. The van der Waals surface area contributed by atoms with Crippen LogP contribution in [0.5, 0.6) is 0 Å². The Morgan fingerprint density at radius 1 is 1.38 bits per heavy atom. The Hall–Kier alpha value is -1.59. The Labute approximate surface area is 126 Å². The lowest BCUT2D eigenvalue weighted by atomic mass is 10.0. The van der Waals surface area contributed by atoms with Crippen molar-refractivity contribution >= 4 is 11.6 Å². The van der Waals surface area contributed by atoms with Gasteiger partial charge in [-0.3, -0.25) is 9.69 Å². The fraction of sp³-hybridized carbons (Fsp3) is 0.562. The van der Waals surface area contributed by atoms with Crippen LogP contribution in [0, 0.1) is 6.92 Å². The summed E-state index contributed by atoms with van der Waals surface area (Å²) in [7, 11) is 0. The number of aryl methyl sites for hydroxylation is 1. The van der Waals surface area contributed by atoms with Crippen LogP contribution in [0.3, 0.4) is 0 Å². The highest BCUT2D eigenvalue weighted by atomic mass is 16.5. The van der Waals surface area contributed by atoms with Crippen LogP contribution in [-0.4, -0.2) is 49.2 Å². The second-order valence-corrected chi connectivity index (χ2v) is 6.17. The van der Waals surface area contributed by atoms with Crippen LogP contribution in [0.15, 0.2) is 18.2 Å². The maximum Gasteiger partial charge on any atom is 0.251 e. The van der Waals surface area contributed by atoms with Gasteiger partial charge in [-0.2, -0.15) is 0 Å². The molecule has 1 aliphatic heterocycles. The van der Waals surface area contributed by atoms with Gasteiger partial charge in [-0.05, 0) is 38.5 Å². The summed E-state index contributed by atoms with van der Waals surface area (Å²) < 4.78 is 5.38. The standard InChI is InChI=1S/C16H25N3O2/c1-12-4-5-13(17)10-14(12)15(20)18-11-16(2,3)19-6-8-21-9-7-19/h4-5,10H,6-9,11,17H2,1-3H3,(H,18,20). The molecule has 5 heteroatoms. The monoisotopic (exact) mass is 291 g/mol. The number of rotatable bonds is 4. The van der Waals surface area contributed by atoms with Crippen molar-refractivity contribution in [1.82, 2.24) is 10.2 Å². The largest absolute Gasteiger partial charge is 0.399 e. The number of benzene rings is 1. The minimum absolute atomic E-state index is 0.0684. The average Bonchev–Trinajstić information content (AvgIpc) is 2.48. The number of ether oxygens (including phenoxy) is 1. The lowest BCUT2D eigenvalue weighted by molar-refractivity contribution is -0.00923. The molecule has 1 saturated heterocycles. The van der Waals surface area contributed by atoms with Crippen molar-refractivity contribution < 1.29 is 9.53 Å². The van der Waals surface area contributed by atoms with E-state index in [4.69, 9.17) is 10.5 Å². The molecule has 3 N–H and O–H groups in total. The Balaban J connectivity index is 1.98. The molecule has 0 aliphatic carbocycles. The molecule has 0 bridgehead atoms. The summed E-state index contributed by atoms with van der Waals surface area (Å²) in [6.07, 6.45) is 0. The molecule has 0 atom stereocenters. The second kappa shape index (κ2) is 6.45. The fourth-order valence-corrected chi connectivity index (χ4v) is 2.56. The van der Waals surface area contributed by atoms with Crippen LogP contribution in [0.25, 0.3) is 0 Å². The minimum atomic E-state index is -0.0896. The summed E-state index contributed by atoms with van der Waals surface area (Å²) in [6, 6.07) is 5.41. The third kappa shape index (κ3) is 3.95. The summed E-state index contributed by atoms with van der Waals surface area (Å²) in [5.74, 6) is -0.0684. The molecular weight excluding hydrogens is 266 g/mol. The molecule has 1 aromatic carbocycles. The molecule has 1 aliphatic rings. The first-order valence-electron chi connectivity index (χ1n) is 7.37. The summed E-state index contributed by atoms with van der Waals surface area (Å²) in [5.41, 5.74) is 7.86. The van der Waals surface area contributed by atoms with Crippen LogP contribution in [-0.2, 0) is 4.74 Å². The van der Waals surface area contributed by atoms with E-state index in [0.717, 1.165) is 31.9 Å². The Bertz CT molecular complexity index is 508. The second-order valence-electron chi connectivity index (χ2n) is 6.17. The van der Waals surface area contributed by atoms with Crippen molar-refractivity contribution in [3.63, 3.8) is 0 Å². The molecule has 1 aromatic rings. The quantitative estimate of drug-likeness (QED) is 0.823. The molecule has 5 nitrogen and oxygen atoms in total. The minimum Gasteiger partial charge on any atom is -0.399 e. The molecule has 0 unspecified atom stereocenters. The topological polar surface area (TPSA) is 67.6 Å². The summed E-state index contributed by atoms with van der Waals surface area (Å²) >= 11 is 0. The van der Waals surface area contributed by atoms with E-state index < -0.39 is 0 Å². The number of nitrogens with two attached hydrogens (primary N) is 1. The first kappa shape index (κ1) is 15.8. The number of hydrogen-bond acceptors (Lipinski definition) is 4. The van der Waals surface area contributed by atoms with E-state index in [-0.39, 0.29) is 11.4 Å². The zero-order chi connectivity index (χ0) is 15.5. The Morgan fingerprint density at radius 3 is 2.71 bits per heavy atom. The molecule has 1 heterocycles. The van der Waals surface area contributed by atoms with Gasteiger partial charge in [0.25, 0.3) is 5.91 Å². The zero-order valence-electron chi connectivity index (χ0n) is 13.1. The van der Waals surface area contributed by atoms with Crippen LogP contribution >= 0.6 is 0 Å². The normalized spacial score (nSPS) is 16.7. The molecule has 0 spiro atoms. The van der Waals surface area contributed by atoms with E-state index in [0.29, 0.717) is 17.8 Å². The van der Waals surface area contributed by atoms with Crippen molar-refractivity contribution in [3.05, 3.63) is 29.3 Å². The number of nitrogens with one attached hydrogen (secondary N) is 1. The number of nitrogens with zero attached hydrogens (tertiary/aromatic N) is 1. The van der Waals surface area contributed by atoms with Gasteiger partial charge < -0.3 is 15.8 Å². The van der Waals surface area contributed by atoms with Gasteiger partial charge in [-0.25, -0.2) is 0 Å². The molecule has 116 valence electrons. The Morgan fingerprint density at radius 2 is 2.05 bits per heavy atom. The molecule has 0 aromatic heterocycles. The predicted molar refractivity (Wildman–Crippen MR) is 84.4 cm³/mol. The van der Waals surface area contributed by atoms with Crippen LogP contribution in [0.2, 0.25) is 0 Å². The number of carbonyl (C=O) groups excluding carboxylic acids is 1. The lowest BCUT2D eigenvalue weighted by Gasteiger charge is -2.40. The molecule has 21 heavy (non-hydrogen) atoms. The van der Waals surface area contributed by atoms with Gasteiger partial charge in [-0.1, -0.05) is 6.07 Å². The van der Waals surface area contributed by atoms with E-state index >= 15 is 0 Å². The van der Waals surface area contributed by atoms with Crippen molar-refractivity contribution in [2.24, 2.45) is 0 Å². The van der Waals surface area contributed by atoms with Crippen LogP contribution in [0.1, 0.15) is 29.8 Å². The van der Waals surface area contributed by atoms with Crippen molar-refractivity contribution in [2.75, 3.05) is 38.6 Å². The molecule has 0 radical (unpaired) electrons. The van der Waals surface area contributed by atoms with E-state index in [1.54, 1.807) is 6.07 Å². The van der Waals surface area contributed by atoms with Gasteiger partial charge in [0.1, 0.15) is 0 Å². The van der Waals surface area contributed by atoms with Gasteiger partial charge in [0.2, 0.25) is 0 Å². The molecule has 1 amide bonds. The summed E-state index contributed by atoms with van der Waals surface area (Å²) in [4.78, 5) is 14.7. The van der Waals surface area contributed by atoms with Gasteiger partial charge in [0.05, 0.1) is 13.2 Å². The number of hydrogen-bond donors (Lipinski definition) is 2. The lowest BCUT2D eigenvalue weighted by Crippen LogP contribution is -2.55. The third-order valence-corrected chi connectivity index (χ3v) is 4.05. The first-order chi connectivity index (χ1) is 9.90. The van der Waals surface area contributed by atoms with Crippen molar-refractivity contribution in [1.29, 1.82) is 0 Å². The smallest absolute Gasteiger partial charge is 0.251 e. The third-order valence-electron chi connectivity index (χ3n) is 4.05. The predicted octanol–water partition coefficient (Wildman–Crippen LogP) is 1.42. The molecular formula is C16H25N3O2. The van der Waals surface area contributed by atoms with Gasteiger partial charge in [0, 0.05) is 36.4 Å². The number of amides is 1. The number of carbonyl (C=O) groups is 1. The first-order valence-corrected chi connectivity index (χ1v) is 7.37. The molecule has 1 fully saturated rings. The zero-order valence-corrected chi connectivity index (χ0v) is 13.1. The summed E-state index contributed by atoms with van der Waals surface area (Å²) in [6.45, 7) is 10.1. The summed E-state index contributed by atoms with van der Waals surface area (Å²) in [5, 5.41) is 3.03. The number of morpholine rings is 1. The van der Waals surface area contributed by atoms with Crippen LogP contribution < -0.4 is 11.1 Å². The highest BCUT2D eigenvalue weighted by Gasteiger charge is 2.28. The van der Waals surface area contributed by atoms with Crippen molar-refractivity contribution in [3.8, 4) is 0 Å². The number of nitrogen functional groups attached to an aromatic ring is 1. The molecule has 2 rings (SSSR count). The Kier molecular flexibility index (Phi) is 4.85. The average molecular weight is 291 g/mol.